The van der Waals surface area contributed by atoms with Gasteiger partial charge >= 0.3 is 6.36 Å². The molecule has 13 heteroatoms. The standard InChI is InChI=1S/C33H31F3N6O2S2/c1-20(2)27-15-8-21(3)16-28(27)42-29(43)18-46-32(42)39-31(45)38-22(4)9-10-23-6-5-7-24(17-23)30-37-19-41(40-30)25-11-13-26(14-12-25)44-33(34,35)36/h5-17,19-20,22H,18H2,1-4H3,(H,38,45)/b10-9-,39-32-. The Bertz CT molecular complexity index is 1800. The van der Waals surface area contributed by atoms with Crippen molar-refractivity contribution in [3.63, 3.8) is 0 Å². The number of ether oxygens (including phenoxy) is 1. The summed E-state index contributed by atoms with van der Waals surface area (Å²) in [5, 5.41) is 8.51. The molecule has 0 bridgehead atoms. The number of carbonyl (C=O) groups is 1. The molecule has 0 aliphatic carbocycles. The molecule has 8 nitrogen and oxygen atoms in total. The van der Waals surface area contributed by atoms with Crippen LogP contribution in [0, 0.1) is 6.92 Å². The Labute approximate surface area is 274 Å². The highest BCUT2D eigenvalue weighted by Gasteiger charge is 2.32. The number of hydrogen-bond donors (Lipinski definition) is 1. The maximum absolute atomic E-state index is 12.9. The van der Waals surface area contributed by atoms with Crippen molar-refractivity contribution < 1.29 is 22.7 Å². The zero-order valence-electron chi connectivity index (χ0n) is 25.4. The third kappa shape index (κ3) is 8.20. The number of hydrogen-bond acceptors (Lipinski definition) is 6. The van der Waals surface area contributed by atoms with Gasteiger partial charge in [0.2, 0.25) is 5.91 Å². The topological polar surface area (TPSA) is 84.6 Å². The summed E-state index contributed by atoms with van der Waals surface area (Å²) >= 11 is 6.92. The smallest absolute Gasteiger partial charge is 0.406 e. The third-order valence-corrected chi connectivity index (χ3v) is 8.04. The minimum absolute atomic E-state index is 0.0281. The predicted molar refractivity (Wildman–Crippen MR) is 180 cm³/mol. The van der Waals surface area contributed by atoms with Crippen LogP contribution in [0.25, 0.3) is 23.2 Å². The van der Waals surface area contributed by atoms with E-state index in [9.17, 15) is 18.0 Å². The number of aromatic nitrogens is 3. The van der Waals surface area contributed by atoms with Gasteiger partial charge in [0.15, 0.2) is 16.1 Å². The van der Waals surface area contributed by atoms with E-state index in [-0.39, 0.29) is 28.7 Å². The van der Waals surface area contributed by atoms with E-state index in [0.717, 1.165) is 27.9 Å². The van der Waals surface area contributed by atoms with Gasteiger partial charge in [0.1, 0.15) is 12.1 Å². The zero-order chi connectivity index (χ0) is 33.0. The van der Waals surface area contributed by atoms with Crippen molar-refractivity contribution in [2.24, 2.45) is 4.99 Å². The lowest BCUT2D eigenvalue weighted by atomic mass is 9.99. The quantitative estimate of drug-likeness (QED) is 0.194. The van der Waals surface area contributed by atoms with Gasteiger partial charge < -0.3 is 10.1 Å². The van der Waals surface area contributed by atoms with Crippen LogP contribution in [0.3, 0.4) is 0 Å². The maximum Gasteiger partial charge on any atom is 0.573 e. The molecule has 3 aromatic carbocycles. The molecule has 5 rings (SSSR count). The van der Waals surface area contributed by atoms with Crippen LogP contribution in [0.4, 0.5) is 18.9 Å². The average molecular weight is 665 g/mol. The molecule has 0 saturated carbocycles. The van der Waals surface area contributed by atoms with Gasteiger partial charge in [0.25, 0.3) is 0 Å². The number of anilines is 1. The van der Waals surface area contributed by atoms with Gasteiger partial charge in [0, 0.05) is 11.6 Å². The number of carbonyl (C=O) groups excluding carboxylic acids is 1. The molecule has 0 spiro atoms. The lowest BCUT2D eigenvalue weighted by molar-refractivity contribution is -0.274. The van der Waals surface area contributed by atoms with Gasteiger partial charge in [-0.15, -0.1) is 18.3 Å². The second-order valence-electron chi connectivity index (χ2n) is 10.9. The first kappa shape index (κ1) is 32.9. The van der Waals surface area contributed by atoms with Crippen LogP contribution in [0.15, 0.2) is 84.1 Å². The van der Waals surface area contributed by atoms with Gasteiger partial charge in [-0.3, -0.25) is 9.69 Å². The summed E-state index contributed by atoms with van der Waals surface area (Å²) in [7, 11) is 0. The summed E-state index contributed by atoms with van der Waals surface area (Å²) in [5.74, 6) is 0.647. The average Bonchev–Trinajstić information content (AvgIpc) is 3.62. The van der Waals surface area contributed by atoms with Crippen LogP contribution in [-0.2, 0) is 4.79 Å². The van der Waals surface area contributed by atoms with Crippen molar-refractivity contribution in [3.05, 3.63) is 95.8 Å². The highest BCUT2D eigenvalue weighted by atomic mass is 32.2. The fraction of sp³-hybridized carbons (Fsp3) is 0.242. The largest absolute Gasteiger partial charge is 0.573 e. The van der Waals surface area contributed by atoms with Crippen LogP contribution in [0.2, 0.25) is 0 Å². The third-order valence-electron chi connectivity index (χ3n) is 6.91. The van der Waals surface area contributed by atoms with Gasteiger partial charge in [0.05, 0.1) is 17.1 Å². The molecule has 238 valence electrons. The summed E-state index contributed by atoms with van der Waals surface area (Å²) < 4.78 is 42.8. The Kier molecular flexibility index (Phi) is 9.92. The van der Waals surface area contributed by atoms with Gasteiger partial charge in [-0.2, -0.15) is 4.99 Å². The van der Waals surface area contributed by atoms with E-state index in [4.69, 9.17) is 12.2 Å². The van der Waals surface area contributed by atoms with E-state index in [1.165, 1.54) is 47.0 Å². The van der Waals surface area contributed by atoms with Crippen LogP contribution in [0.5, 0.6) is 5.75 Å². The van der Waals surface area contributed by atoms with Crippen molar-refractivity contribution in [1.82, 2.24) is 20.1 Å². The number of aryl methyl sites for hydroxylation is 1. The Balaban J connectivity index is 1.24. The summed E-state index contributed by atoms with van der Waals surface area (Å²) in [6.07, 6.45) is 0.624. The van der Waals surface area contributed by atoms with Gasteiger partial charge in [-0.1, -0.05) is 68.1 Å². The zero-order valence-corrected chi connectivity index (χ0v) is 27.1. The summed E-state index contributed by atoms with van der Waals surface area (Å²) in [6.45, 7) is 8.14. The fourth-order valence-electron chi connectivity index (χ4n) is 4.74. The van der Waals surface area contributed by atoms with E-state index < -0.39 is 6.36 Å². The van der Waals surface area contributed by atoms with Crippen molar-refractivity contribution >= 4 is 51.9 Å². The second kappa shape index (κ2) is 13.9. The van der Waals surface area contributed by atoms with E-state index >= 15 is 0 Å². The Morgan fingerprint density at radius 3 is 2.59 bits per heavy atom. The van der Waals surface area contributed by atoms with E-state index in [0.29, 0.717) is 22.4 Å². The van der Waals surface area contributed by atoms with Crippen molar-refractivity contribution in [3.8, 4) is 22.8 Å². The lowest BCUT2D eigenvalue weighted by Gasteiger charge is -2.22. The Morgan fingerprint density at radius 2 is 1.87 bits per heavy atom. The number of thiocarbonyl (C=S) groups is 1. The fourth-order valence-corrected chi connectivity index (χ4v) is 5.93. The molecule has 1 unspecified atom stereocenters. The normalized spacial score (nSPS) is 15.3. The highest BCUT2D eigenvalue weighted by Crippen LogP contribution is 2.34. The van der Waals surface area contributed by atoms with Crippen molar-refractivity contribution in [2.45, 2.75) is 46.0 Å². The SMILES string of the molecule is Cc1ccc(C(C)C)c(N2C(=O)CS/C2=N\C(=S)NC(C)/C=C\c2cccc(-c3ncn(-c4ccc(OC(F)(F)F)cc4)n3)c2)c1. The number of rotatable bonds is 8. The molecule has 1 fully saturated rings. The van der Waals surface area contributed by atoms with Crippen LogP contribution >= 0.6 is 24.0 Å². The monoisotopic (exact) mass is 664 g/mol. The summed E-state index contributed by atoms with van der Waals surface area (Å²) in [4.78, 5) is 23.5. The molecular weight excluding hydrogens is 634 g/mol. The highest BCUT2D eigenvalue weighted by molar-refractivity contribution is 8.15. The first-order valence-electron chi connectivity index (χ1n) is 14.4. The lowest BCUT2D eigenvalue weighted by Crippen LogP contribution is -2.34. The van der Waals surface area contributed by atoms with Crippen molar-refractivity contribution in [2.75, 3.05) is 10.7 Å². The minimum Gasteiger partial charge on any atom is -0.406 e. The van der Waals surface area contributed by atoms with Crippen LogP contribution in [0.1, 0.15) is 43.4 Å². The molecule has 0 radical (unpaired) electrons. The predicted octanol–water partition coefficient (Wildman–Crippen LogP) is 7.68. The second-order valence-corrected chi connectivity index (χ2v) is 12.2. The van der Waals surface area contributed by atoms with Crippen molar-refractivity contribution in [1.29, 1.82) is 0 Å². The maximum atomic E-state index is 12.9. The number of nitrogens with zero attached hydrogens (tertiary/aromatic N) is 5. The Hall–Kier alpha value is -4.49. The first-order valence-corrected chi connectivity index (χ1v) is 15.8. The molecular formula is C33H31F3N6O2S2. The van der Waals surface area contributed by atoms with Gasteiger partial charge in [-0.05, 0) is 85.1 Å². The molecule has 4 aromatic rings. The number of nitrogens with one attached hydrogen (secondary N) is 1. The molecule has 2 heterocycles. The summed E-state index contributed by atoms with van der Waals surface area (Å²) in [5.41, 5.74) is 5.17. The number of amides is 1. The number of halogens is 3. The number of amidine groups is 1. The molecule has 1 aliphatic rings. The molecule has 1 amide bonds. The number of benzene rings is 3. The number of thioether (sulfide) groups is 1. The minimum atomic E-state index is -4.76. The van der Waals surface area contributed by atoms with Gasteiger partial charge in [-0.25, -0.2) is 9.67 Å². The molecule has 1 aliphatic heterocycles. The number of alkyl halides is 3. The Morgan fingerprint density at radius 1 is 1.11 bits per heavy atom. The van der Waals surface area contributed by atoms with E-state index in [1.54, 1.807) is 4.90 Å². The molecule has 1 saturated heterocycles. The molecule has 1 aromatic heterocycles. The number of aliphatic imine (C=N–C) groups is 1. The van der Waals surface area contributed by atoms with E-state index in [1.807, 2.05) is 62.4 Å². The van der Waals surface area contributed by atoms with Crippen LogP contribution in [-0.4, -0.2) is 49.1 Å². The summed E-state index contributed by atoms with van der Waals surface area (Å²) in [6, 6.07) is 18.9. The first-order chi connectivity index (χ1) is 21.9. The van der Waals surface area contributed by atoms with E-state index in [2.05, 4.69) is 45.0 Å². The molecule has 1 atom stereocenters. The molecule has 46 heavy (non-hydrogen) atoms. The molecule has 1 N–H and O–H groups in total. The van der Waals surface area contributed by atoms with Crippen LogP contribution < -0.4 is 15.0 Å².